The lowest BCUT2D eigenvalue weighted by Gasteiger charge is -2.19. The number of nitrogens with one attached hydrogen (secondary N) is 3. The molecular formula is C20H35IN4O4S. The Morgan fingerprint density at radius 3 is 2.27 bits per heavy atom. The lowest BCUT2D eigenvalue weighted by molar-refractivity contribution is 0.0527. The summed E-state index contributed by atoms with van der Waals surface area (Å²) in [7, 11) is -3.27. The summed E-state index contributed by atoms with van der Waals surface area (Å²) in [6, 6.07) is 8.46. The van der Waals surface area contributed by atoms with Crippen LogP contribution < -0.4 is 16.0 Å². The van der Waals surface area contributed by atoms with Gasteiger partial charge in [-0.2, -0.15) is 0 Å². The van der Waals surface area contributed by atoms with Crippen LogP contribution >= 0.6 is 24.0 Å². The van der Waals surface area contributed by atoms with E-state index in [1.807, 2.05) is 27.7 Å². The van der Waals surface area contributed by atoms with E-state index in [2.05, 4.69) is 20.9 Å². The quantitative estimate of drug-likeness (QED) is 0.178. The number of sulfone groups is 1. The number of carbonyl (C=O) groups is 1. The lowest BCUT2D eigenvalue weighted by atomic mass is 10.2. The number of ether oxygens (including phenoxy) is 1. The Hall–Kier alpha value is -1.56. The highest BCUT2D eigenvalue weighted by molar-refractivity contribution is 14.0. The van der Waals surface area contributed by atoms with Crippen LogP contribution in [0.5, 0.6) is 0 Å². The first-order valence-electron chi connectivity index (χ1n) is 9.91. The first-order chi connectivity index (χ1) is 13.6. The van der Waals surface area contributed by atoms with Gasteiger partial charge in [0.25, 0.3) is 0 Å². The second-order valence-electron chi connectivity index (χ2n) is 7.46. The number of carbonyl (C=O) groups excluding carboxylic acids is 1. The van der Waals surface area contributed by atoms with Crippen LogP contribution in [0.25, 0.3) is 0 Å². The minimum Gasteiger partial charge on any atom is -0.444 e. The first kappa shape index (κ1) is 28.4. The summed E-state index contributed by atoms with van der Waals surface area (Å²) < 4.78 is 29.7. The summed E-state index contributed by atoms with van der Waals surface area (Å²) in [6.07, 6.45) is 0.700. The molecule has 0 saturated heterocycles. The van der Waals surface area contributed by atoms with Crippen LogP contribution in [-0.2, 0) is 14.6 Å². The highest BCUT2D eigenvalue weighted by Crippen LogP contribution is 2.10. The topological polar surface area (TPSA) is 109 Å². The van der Waals surface area contributed by atoms with Crippen molar-refractivity contribution in [2.75, 3.05) is 31.9 Å². The van der Waals surface area contributed by atoms with Crippen LogP contribution in [0.4, 0.5) is 4.79 Å². The van der Waals surface area contributed by atoms with Gasteiger partial charge in [0.15, 0.2) is 15.8 Å². The fraction of sp³-hybridized carbons (Fsp3) is 0.600. The van der Waals surface area contributed by atoms with Crippen molar-refractivity contribution in [2.45, 2.75) is 51.0 Å². The number of nitrogens with zero attached hydrogens (tertiary/aromatic N) is 1. The van der Waals surface area contributed by atoms with Crippen LogP contribution in [0, 0.1) is 0 Å². The van der Waals surface area contributed by atoms with Crippen molar-refractivity contribution in [1.82, 2.24) is 16.0 Å². The van der Waals surface area contributed by atoms with Gasteiger partial charge in [0.05, 0.1) is 10.6 Å². The average molecular weight is 554 g/mol. The molecule has 0 aliphatic rings. The molecule has 172 valence electrons. The van der Waals surface area contributed by atoms with Crippen molar-refractivity contribution in [3.8, 4) is 0 Å². The molecule has 0 bridgehead atoms. The summed E-state index contributed by atoms with van der Waals surface area (Å²) in [5.74, 6) is 0.699. The number of hydrogen-bond donors (Lipinski definition) is 3. The summed E-state index contributed by atoms with van der Waals surface area (Å²) in [5.41, 5.74) is -0.516. The van der Waals surface area contributed by atoms with Gasteiger partial charge in [0.1, 0.15) is 5.60 Å². The van der Waals surface area contributed by atoms with Crippen molar-refractivity contribution in [3.63, 3.8) is 0 Å². The van der Waals surface area contributed by atoms with Crippen LogP contribution in [0.3, 0.4) is 0 Å². The van der Waals surface area contributed by atoms with Crippen molar-refractivity contribution in [1.29, 1.82) is 0 Å². The number of aliphatic imine (C=N–C) groups is 1. The summed E-state index contributed by atoms with van der Waals surface area (Å²) in [5, 5.41) is 8.95. The molecule has 0 aliphatic carbocycles. The molecule has 0 aliphatic heterocycles. The standard InChI is InChI=1S/C20H34N4O4S.HI/c1-5-21-18(22-13-9-14-24-19(25)28-20(2,3)4)23-15-10-16-29(26,27)17-11-7-6-8-12-17;/h6-8,11-12H,5,9-10,13-16H2,1-4H3,(H,24,25)(H2,21,22,23);1H. The number of guanidine groups is 1. The van der Waals surface area contributed by atoms with Crippen molar-refractivity contribution in [3.05, 3.63) is 30.3 Å². The normalized spacial score (nSPS) is 11.9. The second kappa shape index (κ2) is 14.4. The number of amides is 1. The Kier molecular flexibility index (Phi) is 13.7. The first-order valence-corrected chi connectivity index (χ1v) is 11.6. The third-order valence-electron chi connectivity index (χ3n) is 3.60. The number of benzene rings is 1. The molecule has 30 heavy (non-hydrogen) atoms. The maximum atomic E-state index is 12.3. The Bertz CT molecular complexity index is 750. The van der Waals surface area contributed by atoms with E-state index in [9.17, 15) is 13.2 Å². The molecular weight excluding hydrogens is 519 g/mol. The van der Waals surface area contributed by atoms with Gasteiger partial charge in [-0.15, -0.1) is 24.0 Å². The molecule has 8 nitrogen and oxygen atoms in total. The third kappa shape index (κ3) is 12.9. The van der Waals surface area contributed by atoms with Gasteiger partial charge in [-0.3, -0.25) is 4.99 Å². The predicted octanol–water partition coefficient (Wildman–Crippen LogP) is 2.94. The molecule has 10 heteroatoms. The highest BCUT2D eigenvalue weighted by Gasteiger charge is 2.15. The molecule has 1 aromatic carbocycles. The zero-order valence-corrected chi connectivity index (χ0v) is 21.4. The minimum atomic E-state index is -3.27. The molecule has 0 radical (unpaired) electrons. The maximum absolute atomic E-state index is 12.3. The SMILES string of the molecule is CCNC(=NCCCNC(=O)OC(C)(C)C)NCCCS(=O)(=O)c1ccccc1.I. The van der Waals surface area contributed by atoms with E-state index in [0.717, 1.165) is 0 Å². The molecule has 1 aromatic rings. The fourth-order valence-corrected chi connectivity index (χ4v) is 3.66. The Morgan fingerprint density at radius 1 is 1.03 bits per heavy atom. The average Bonchev–Trinajstić information content (AvgIpc) is 2.64. The van der Waals surface area contributed by atoms with E-state index in [-0.39, 0.29) is 29.7 Å². The van der Waals surface area contributed by atoms with Crippen molar-refractivity contribution >= 4 is 45.9 Å². The Morgan fingerprint density at radius 2 is 1.67 bits per heavy atom. The number of rotatable bonds is 10. The van der Waals surface area contributed by atoms with E-state index in [0.29, 0.717) is 49.9 Å². The Balaban J connectivity index is 0.00000841. The van der Waals surface area contributed by atoms with E-state index in [1.165, 1.54) is 0 Å². The lowest BCUT2D eigenvalue weighted by Crippen LogP contribution is -2.38. The van der Waals surface area contributed by atoms with Crippen molar-refractivity contribution in [2.24, 2.45) is 4.99 Å². The van der Waals surface area contributed by atoms with E-state index in [1.54, 1.807) is 30.3 Å². The zero-order chi connectivity index (χ0) is 21.8. The van der Waals surface area contributed by atoms with E-state index < -0.39 is 21.5 Å². The third-order valence-corrected chi connectivity index (χ3v) is 5.42. The molecule has 1 rings (SSSR count). The van der Waals surface area contributed by atoms with Gasteiger partial charge < -0.3 is 20.7 Å². The van der Waals surface area contributed by atoms with E-state index >= 15 is 0 Å². The molecule has 0 fully saturated rings. The number of halogens is 1. The molecule has 3 N–H and O–H groups in total. The van der Waals surface area contributed by atoms with Gasteiger partial charge in [0.2, 0.25) is 0 Å². The van der Waals surface area contributed by atoms with Gasteiger partial charge in [-0.05, 0) is 52.7 Å². The smallest absolute Gasteiger partial charge is 0.407 e. The van der Waals surface area contributed by atoms with Crippen LogP contribution in [0.1, 0.15) is 40.5 Å². The summed E-state index contributed by atoms with van der Waals surface area (Å²) >= 11 is 0. The van der Waals surface area contributed by atoms with Crippen LogP contribution in [0.2, 0.25) is 0 Å². The summed E-state index contributed by atoms with van der Waals surface area (Å²) in [6.45, 7) is 9.59. The second-order valence-corrected chi connectivity index (χ2v) is 9.56. The van der Waals surface area contributed by atoms with Crippen LogP contribution in [-0.4, -0.2) is 58.0 Å². The minimum absolute atomic E-state index is 0. The molecule has 0 saturated carbocycles. The van der Waals surface area contributed by atoms with Gasteiger partial charge in [-0.25, -0.2) is 13.2 Å². The van der Waals surface area contributed by atoms with Crippen molar-refractivity contribution < 1.29 is 17.9 Å². The maximum Gasteiger partial charge on any atom is 0.407 e. The number of hydrogen-bond acceptors (Lipinski definition) is 5. The van der Waals surface area contributed by atoms with Gasteiger partial charge in [0, 0.05) is 26.2 Å². The largest absolute Gasteiger partial charge is 0.444 e. The van der Waals surface area contributed by atoms with E-state index in [4.69, 9.17) is 4.74 Å². The molecule has 0 spiro atoms. The van der Waals surface area contributed by atoms with Crippen LogP contribution in [0.15, 0.2) is 40.2 Å². The fourth-order valence-electron chi connectivity index (χ4n) is 2.33. The predicted molar refractivity (Wildman–Crippen MR) is 131 cm³/mol. The molecule has 0 aromatic heterocycles. The zero-order valence-electron chi connectivity index (χ0n) is 18.2. The highest BCUT2D eigenvalue weighted by atomic mass is 127. The molecule has 0 atom stereocenters. The summed E-state index contributed by atoms with van der Waals surface area (Å²) in [4.78, 5) is 16.3. The number of alkyl carbamates (subject to hydrolysis) is 1. The molecule has 0 unspecified atom stereocenters. The molecule has 0 heterocycles. The monoisotopic (exact) mass is 554 g/mol. The van der Waals surface area contributed by atoms with Gasteiger partial charge >= 0.3 is 6.09 Å². The molecule has 1 amide bonds. The van der Waals surface area contributed by atoms with Gasteiger partial charge in [-0.1, -0.05) is 18.2 Å². The Labute approximate surface area is 197 Å².